The maximum atomic E-state index is 12.2. The molecule has 144 valence electrons. The van der Waals surface area contributed by atoms with Gasteiger partial charge in [-0.05, 0) is 17.2 Å². The van der Waals surface area contributed by atoms with Crippen LogP contribution >= 0.6 is 0 Å². The number of para-hydroxylation sites is 1. The van der Waals surface area contributed by atoms with Gasteiger partial charge in [0.25, 0.3) is 0 Å². The number of amides is 1. The van der Waals surface area contributed by atoms with Gasteiger partial charge < -0.3 is 19.9 Å². The zero-order chi connectivity index (χ0) is 20.1. The number of aromatic nitrogens is 1. The standard InChI is InChI=1S/C20H18N2O6/c23-17(24)20(18(25)26,10-14-11-21-16-9-5-4-8-15(14)16)22-19(27)28-12-13-6-2-1-3-7-13/h1-9,11,21H,10,12H2,(H,22,27)(H,23,24)(H,25,26). The Morgan fingerprint density at radius 2 is 1.61 bits per heavy atom. The topological polar surface area (TPSA) is 129 Å². The van der Waals surface area contributed by atoms with Gasteiger partial charge in [-0.1, -0.05) is 48.5 Å². The van der Waals surface area contributed by atoms with Gasteiger partial charge in [0.1, 0.15) is 6.61 Å². The lowest BCUT2D eigenvalue weighted by Gasteiger charge is -2.25. The van der Waals surface area contributed by atoms with Crippen LogP contribution in [0, 0.1) is 0 Å². The molecule has 0 atom stereocenters. The Bertz CT molecular complexity index is 998. The van der Waals surface area contributed by atoms with Crippen molar-refractivity contribution in [1.82, 2.24) is 10.3 Å². The highest BCUT2D eigenvalue weighted by Gasteiger charge is 2.49. The quantitative estimate of drug-likeness (QED) is 0.465. The van der Waals surface area contributed by atoms with Gasteiger partial charge in [-0.15, -0.1) is 0 Å². The van der Waals surface area contributed by atoms with Crippen LogP contribution in [0.5, 0.6) is 0 Å². The molecule has 2 aromatic carbocycles. The summed E-state index contributed by atoms with van der Waals surface area (Å²) in [5.41, 5.74) is -0.707. The molecule has 3 aromatic rings. The minimum Gasteiger partial charge on any atom is -0.479 e. The molecule has 4 N–H and O–H groups in total. The first-order valence-electron chi connectivity index (χ1n) is 8.43. The highest BCUT2D eigenvalue weighted by atomic mass is 16.5. The highest BCUT2D eigenvalue weighted by molar-refractivity contribution is 6.06. The summed E-state index contributed by atoms with van der Waals surface area (Å²) in [6, 6.07) is 15.8. The minimum atomic E-state index is -2.57. The van der Waals surface area contributed by atoms with Crippen LogP contribution in [0.4, 0.5) is 4.79 Å². The Kier molecular flexibility index (Phi) is 5.30. The summed E-state index contributed by atoms with van der Waals surface area (Å²) in [6.45, 7) is -0.116. The molecule has 3 rings (SSSR count). The van der Waals surface area contributed by atoms with Crippen molar-refractivity contribution >= 4 is 28.9 Å². The number of aromatic amines is 1. The third-order valence-corrected chi connectivity index (χ3v) is 4.39. The molecule has 8 nitrogen and oxygen atoms in total. The van der Waals surface area contributed by atoms with E-state index in [0.717, 1.165) is 5.52 Å². The normalized spacial score (nSPS) is 11.1. The third kappa shape index (κ3) is 3.80. The van der Waals surface area contributed by atoms with E-state index in [0.29, 0.717) is 16.5 Å². The fourth-order valence-corrected chi connectivity index (χ4v) is 2.89. The minimum absolute atomic E-state index is 0.116. The SMILES string of the molecule is O=C(NC(Cc1c[nH]c2ccccc12)(C(=O)O)C(=O)O)OCc1ccccc1. The molecule has 28 heavy (non-hydrogen) atoms. The van der Waals surface area contributed by atoms with Crippen LogP contribution in [-0.2, 0) is 27.4 Å². The number of carboxylic acids is 2. The van der Waals surface area contributed by atoms with E-state index in [1.54, 1.807) is 54.6 Å². The maximum Gasteiger partial charge on any atom is 0.408 e. The number of H-pyrrole nitrogens is 1. The monoisotopic (exact) mass is 382 g/mol. The zero-order valence-corrected chi connectivity index (χ0v) is 14.7. The Hall–Kier alpha value is -3.81. The van der Waals surface area contributed by atoms with E-state index < -0.39 is 30.0 Å². The van der Waals surface area contributed by atoms with Gasteiger partial charge in [-0.2, -0.15) is 0 Å². The van der Waals surface area contributed by atoms with E-state index >= 15 is 0 Å². The third-order valence-electron chi connectivity index (χ3n) is 4.39. The number of nitrogens with one attached hydrogen (secondary N) is 2. The molecule has 0 spiro atoms. The maximum absolute atomic E-state index is 12.2. The van der Waals surface area contributed by atoms with Crippen molar-refractivity contribution in [2.24, 2.45) is 0 Å². The van der Waals surface area contributed by atoms with Crippen LogP contribution in [0.3, 0.4) is 0 Å². The molecule has 0 unspecified atom stereocenters. The Balaban J connectivity index is 1.82. The second-order valence-corrected chi connectivity index (χ2v) is 6.24. The molecule has 8 heteroatoms. The van der Waals surface area contributed by atoms with E-state index in [1.807, 2.05) is 5.32 Å². The molecule has 0 aliphatic carbocycles. The molecule has 0 aliphatic heterocycles. The Morgan fingerprint density at radius 3 is 2.29 bits per heavy atom. The largest absolute Gasteiger partial charge is 0.479 e. The van der Waals surface area contributed by atoms with E-state index in [1.165, 1.54) is 6.20 Å². The summed E-state index contributed by atoms with van der Waals surface area (Å²) in [7, 11) is 0. The molecule has 0 bridgehead atoms. The van der Waals surface area contributed by atoms with Gasteiger partial charge in [0.2, 0.25) is 5.54 Å². The first-order valence-corrected chi connectivity index (χ1v) is 8.43. The number of ether oxygens (including phenoxy) is 1. The van der Waals surface area contributed by atoms with Crippen LogP contribution in [0.2, 0.25) is 0 Å². The number of carboxylic acid groups (broad SMARTS) is 2. The van der Waals surface area contributed by atoms with Crippen LogP contribution in [0.1, 0.15) is 11.1 Å². The lowest BCUT2D eigenvalue weighted by Crippen LogP contribution is -2.61. The lowest BCUT2D eigenvalue weighted by atomic mass is 9.90. The van der Waals surface area contributed by atoms with Gasteiger partial charge in [0.15, 0.2) is 0 Å². The van der Waals surface area contributed by atoms with E-state index in [9.17, 15) is 24.6 Å². The summed E-state index contributed by atoms with van der Waals surface area (Å²) < 4.78 is 5.01. The molecule has 0 saturated carbocycles. The number of carbonyl (C=O) groups is 3. The van der Waals surface area contributed by atoms with Crippen LogP contribution in [-0.4, -0.2) is 38.8 Å². The second-order valence-electron chi connectivity index (χ2n) is 6.24. The molecule has 0 radical (unpaired) electrons. The van der Waals surface area contributed by atoms with Crippen molar-refractivity contribution < 1.29 is 29.3 Å². The zero-order valence-electron chi connectivity index (χ0n) is 14.7. The summed E-state index contributed by atoms with van der Waals surface area (Å²) in [4.78, 5) is 38.9. The fraction of sp³-hybridized carbons (Fsp3) is 0.150. The molecule has 0 aliphatic rings. The number of alkyl carbamates (subject to hydrolysis) is 1. The molecule has 1 heterocycles. The van der Waals surface area contributed by atoms with Crippen molar-refractivity contribution in [2.75, 3.05) is 0 Å². The van der Waals surface area contributed by atoms with Crippen LogP contribution in [0.15, 0.2) is 60.8 Å². The van der Waals surface area contributed by atoms with Gasteiger partial charge in [0, 0.05) is 23.5 Å². The predicted molar refractivity (Wildman–Crippen MR) is 99.8 cm³/mol. The van der Waals surface area contributed by atoms with Gasteiger partial charge in [0.05, 0.1) is 0 Å². The number of hydrogen-bond donors (Lipinski definition) is 4. The summed E-state index contributed by atoms with van der Waals surface area (Å²) in [6.07, 6.45) is -0.0572. The number of aliphatic carboxylic acids is 2. The van der Waals surface area contributed by atoms with Crippen molar-refractivity contribution in [1.29, 1.82) is 0 Å². The van der Waals surface area contributed by atoms with Crippen molar-refractivity contribution in [3.63, 3.8) is 0 Å². The average Bonchev–Trinajstić information content (AvgIpc) is 3.09. The van der Waals surface area contributed by atoms with Crippen LogP contribution in [0.25, 0.3) is 10.9 Å². The van der Waals surface area contributed by atoms with Gasteiger partial charge in [-0.25, -0.2) is 14.4 Å². The van der Waals surface area contributed by atoms with E-state index in [-0.39, 0.29) is 6.61 Å². The predicted octanol–water partition coefficient (Wildman–Crippen LogP) is 2.54. The smallest absolute Gasteiger partial charge is 0.408 e. The number of hydrogen-bond acceptors (Lipinski definition) is 4. The number of fused-ring (bicyclic) bond motifs is 1. The Morgan fingerprint density at radius 1 is 0.964 bits per heavy atom. The van der Waals surface area contributed by atoms with Gasteiger partial charge >= 0.3 is 18.0 Å². The summed E-state index contributed by atoms with van der Waals surface area (Å²) >= 11 is 0. The number of benzene rings is 2. The van der Waals surface area contributed by atoms with E-state index in [4.69, 9.17) is 4.74 Å². The molecule has 1 amide bonds. The highest BCUT2D eigenvalue weighted by Crippen LogP contribution is 2.23. The number of carbonyl (C=O) groups excluding carboxylic acids is 1. The van der Waals surface area contributed by atoms with Gasteiger partial charge in [-0.3, -0.25) is 5.32 Å². The average molecular weight is 382 g/mol. The van der Waals surface area contributed by atoms with Crippen molar-refractivity contribution in [3.05, 3.63) is 71.9 Å². The second kappa shape index (κ2) is 7.83. The Labute approximate surface area is 159 Å². The van der Waals surface area contributed by atoms with Crippen molar-refractivity contribution in [3.8, 4) is 0 Å². The molecule has 0 fully saturated rings. The summed E-state index contributed by atoms with van der Waals surface area (Å²) in [5, 5.41) is 22.0. The lowest BCUT2D eigenvalue weighted by molar-refractivity contribution is -0.158. The first kappa shape index (κ1) is 19.0. The van der Waals surface area contributed by atoms with Crippen LogP contribution < -0.4 is 5.32 Å². The van der Waals surface area contributed by atoms with E-state index in [2.05, 4.69) is 4.98 Å². The fourth-order valence-electron chi connectivity index (χ4n) is 2.89. The summed E-state index contributed by atoms with van der Waals surface area (Å²) in [5.74, 6) is -3.39. The molecular weight excluding hydrogens is 364 g/mol. The molecule has 0 saturated heterocycles. The number of rotatable bonds is 7. The molecular formula is C20H18N2O6. The van der Waals surface area contributed by atoms with Crippen molar-refractivity contribution in [2.45, 2.75) is 18.6 Å². The molecule has 1 aromatic heterocycles. The first-order chi connectivity index (χ1) is 13.4.